The van der Waals surface area contributed by atoms with Gasteiger partial charge >= 0.3 is 5.97 Å². The molecular weight excluding hydrogens is 256 g/mol. The van der Waals surface area contributed by atoms with E-state index in [1.807, 2.05) is 0 Å². The zero-order valence-electron chi connectivity index (χ0n) is 10.3. The van der Waals surface area contributed by atoms with Crippen molar-refractivity contribution in [1.29, 1.82) is 5.26 Å². The monoisotopic (exact) mass is 269 g/mol. The number of ether oxygens (including phenoxy) is 1. The van der Waals surface area contributed by atoms with Gasteiger partial charge in [0.15, 0.2) is 0 Å². The zero-order chi connectivity index (χ0) is 14.4. The molecule has 1 N–H and O–H groups in total. The third-order valence-electron chi connectivity index (χ3n) is 2.58. The van der Waals surface area contributed by atoms with Crippen molar-refractivity contribution < 1.29 is 23.4 Å². The topological polar surface area (TPSA) is 70.3 Å². The Balaban J connectivity index is 3.21. The van der Waals surface area contributed by atoms with Crippen LogP contribution < -0.4 is 0 Å². The number of benzene rings is 1. The number of nitriles is 1. The lowest BCUT2D eigenvalue weighted by Gasteiger charge is -2.12. The number of alkyl halides is 2. The Kier molecular flexibility index (Phi) is 5.39. The zero-order valence-corrected chi connectivity index (χ0v) is 10.3. The second kappa shape index (κ2) is 6.81. The van der Waals surface area contributed by atoms with Crippen LogP contribution in [0.3, 0.4) is 0 Å². The van der Waals surface area contributed by atoms with Gasteiger partial charge in [0.25, 0.3) is 6.43 Å². The maximum atomic E-state index is 12.7. The van der Waals surface area contributed by atoms with Crippen LogP contribution in [0.2, 0.25) is 0 Å². The molecule has 0 aliphatic rings. The number of nitrogens with zero attached hydrogens (tertiary/aromatic N) is 1. The van der Waals surface area contributed by atoms with Gasteiger partial charge in [-0.25, -0.2) is 8.78 Å². The van der Waals surface area contributed by atoms with E-state index in [4.69, 9.17) is 15.1 Å². The number of aliphatic hydroxyl groups is 1. The molecule has 0 saturated carbocycles. The average molecular weight is 269 g/mol. The molecule has 0 unspecified atom stereocenters. The maximum Gasteiger partial charge on any atom is 0.310 e. The number of hydrogen-bond acceptors (Lipinski definition) is 4. The van der Waals surface area contributed by atoms with Gasteiger partial charge in [0.05, 0.1) is 31.3 Å². The highest BCUT2D eigenvalue weighted by atomic mass is 19.3. The predicted molar refractivity (Wildman–Crippen MR) is 62.4 cm³/mol. The second-order valence-corrected chi connectivity index (χ2v) is 3.72. The van der Waals surface area contributed by atoms with Gasteiger partial charge in [0.1, 0.15) is 0 Å². The van der Waals surface area contributed by atoms with Crippen LogP contribution in [0.1, 0.15) is 35.6 Å². The first-order valence-corrected chi connectivity index (χ1v) is 5.64. The summed E-state index contributed by atoms with van der Waals surface area (Å²) in [7, 11) is 0. The first-order valence-electron chi connectivity index (χ1n) is 5.64. The maximum absolute atomic E-state index is 12.7. The first kappa shape index (κ1) is 15.1. The highest BCUT2D eigenvalue weighted by Gasteiger charge is 2.20. The smallest absolute Gasteiger partial charge is 0.310 e. The Morgan fingerprint density at radius 3 is 2.68 bits per heavy atom. The summed E-state index contributed by atoms with van der Waals surface area (Å²) < 4.78 is 30.2. The Labute approximate surface area is 109 Å². The van der Waals surface area contributed by atoms with Crippen LogP contribution in [0, 0.1) is 11.3 Å². The highest BCUT2D eigenvalue weighted by Crippen LogP contribution is 2.28. The molecule has 0 saturated heterocycles. The second-order valence-electron chi connectivity index (χ2n) is 3.72. The van der Waals surface area contributed by atoms with Crippen LogP contribution >= 0.6 is 0 Å². The first-order chi connectivity index (χ1) is 9.04. The Morgan fingerprint density at radius 1 is 1.53 bits per heavy atom. The van der Waals surface area contributed by atoms with Crippen molar-refractivity contribution in [2.45, 2.75) is 26.4 Å². The number of aliphatic hydroxyl groups excluding tert-OH is 1. The molecule has 0 bridgehead atoms. The number of esters is 1. The minimum Gasteiger partial charge on any atom is -0.466 e. The van der Waals surface area contributed by atoms with E-state index in [0.29, 0.717) is 0 Å². The normalized spacial score (nSPS) is 10.3. The predicted octanol–water partition coefficient (Wildman–Crippen LogP) is 2.09. The third-order valence-corrected chi connectivity index (χ3v) is 2.58. The minimum atomic E-state index is -2.79. The van der Waals surface area contributed by atoms with Crippen LogP contribution in [-0.2, 0) is 22.6 Å². The lowest BCUT2D eigenvalue weighted by molar-refractivity contribution is -0.142. The van der Waals surface area contributed by atoms with Crippen molar-refractivity contribution in [2.75, 3.05) is 6.61 Å². The molecule has 1 aromatic carbocycles. The average Bonchev–Trinajstić information content (AvgIpc) is 2.37. The van der Waals surface area contributed by atoms with E-state index < -0.39 is 24.6 Å². The van der Waals surface area contributed by atoms with E-state index in [9.17, 15) is 13.6 Å². The quantitative estimate of drug-likeness (QED) is 0.831. The molecule has 0 aromatic heterocycles. The highest BCUT2D eigenvalue weighted by molar-refractivity contribution is 5.74. The lowest BCUT2D eigenvalue weighted by Crippen LogP contribution is -2.11. The van der Waals surface area contributed by atoms with Crippen molar-refractivity contribution >= 4 is 5.97 Å². The lowest BCUT2D eigenvalue weighted by atomic mass is 9.95. The van der Waals surface area contributed by atoms with Gasteiger partial charge in [-0.05, 0) is 12.5 Å². The molecule has 4 nitrogen and oxygen atoms in total. The number of carbonyl (C=O) groups is 1. The Hall–Kier alpha value is -2.00. The summed E-state index contributed by atoms with van der Waals surface area (Å²) in [6.07, 6.45) is -2.97. The van der Waals surface area contributed by atoms with Crippen LogP contribution in [0.4, 0.5) is 8.78 Å². The number of carbonyl (C=O) groups excluding carboxylic acids is 1. The Bertz CT molecular complexity index is 509. The van der Waals surface area contributed by atoms with Gasteiger partial charge in [0, 0.05) is 11.1 Å². The molecule has 19 heavy (non-hydrogen) atoms. The summed E-state index contributed by atoms with van der Waals surface area (Å²) in [4.78, 5) is 11.4. The molecule has 0 spiro atoms. The van der Waals surface area contributed by atoms with Crippen LogP contribution in [0.25, 0.3) is 0 Å². The van der Waals surface area contributed by atoms with E-state index in [0.717, 1.165) is 6.07 Å². The summed E-state index contributed by atoms with van der Waals surface area (Å²) in [5, 5.41) is 18.2. The van der Waals surface area contributed by atoms with Crippen molar-refractivity contribution in [3.63, 3.8) is 0 Å². The third kappa shape index (κ3) is 3.48. The number of hydrogen-bond donors (Lipinski definition) is 1. The summed E-state index contributed by atoms with van der Waals surface area (Å²) in [5.74, 6) is -0.548. The van der Waals surface area contributed by atoms with E-state index in [1.54, 1.807) is 13.0 Å². The van der Waals surface area contributed by atoms with Gasteiger partial charge in [-0.3, -0.25) is 4.79 Å². The molecule has 0 fully saturated rings. The van der Waals surface area contributed by atoms with E-state index in [2.05, 4.69) is 0 Å². The molecule has 0 radical (unpaired) electrons. The molecule has 102 valence electrons. The summed E-state index contributed by atoms with van der Waals surface area (Å²) in [6.45, 7) is 1.16. The van der Waals surface area contributed by atoms with Gasteiger partial charge in [0.2, 0.25) is 0 Å². The number of rotatable bonds is 5. The van der Waals surface area contributed by atoms with Crippen molar-refractivity contribution in [3.8, 4) is 6.07 Å². The van der Waals surface area contributed by atoms with E-state index >= 15 is 0 Å². The van der Waals surface area contributed by atoms with Gasteiger partial charge in [-0.1, -0.05) is 12.1 Å². The van der Waals surface area contributed by atoms with Crippen LogP contribution in [-0.4, -0.2) is 17.7 Å². The summed E-state index contributed by atoms with van der Waals surface area (Å²) in [6, 6.07) is 4.16. The van der Waals surface area contributed by atoms with Gasteiger partial charge < -0.3 is 9.84 Å². The molecule has 0 amide bonds. The minimum absolute atomic E-state index is 0.0895. The molecule has 1 aromatic rings. The molecule has 6 heteroatoms. The molecule has 0 aliphatic heterocycles. The summed E-state index contributed by atoms with van der Waals surface area (Å²) in [5.41, 5.74) is -0.353. The fourth-order valence-electron chi connectivity index (χ4n) is 1.74. The fraction of sp³-hybridized carbons (Fsp3) is 0.385. The van der Waals surface area contributed by atoms with Crippen molar-refractivity contribution in [2.24, 2.45) is 0 Å². The van der Waals surface area contributed by atoms with E-state index in [-0.39, 0.29) is 29.7 Å². The standard InChI is InChI=1S/C13H13F2NO3/c1-2-19-12(18)5-8-3-4-9(13(14)15)11(7-17)10(8)6-16/h3-4,13,17H,2,5,7H2,1H3. The van der Waals surface area contributed by atoms with Crippen molar-refractivity contribution in [3.05, 3.63) is 34.4 Å². The molecule has 1 rings (SSSR count). The van der Waals surface area contributed by atoms with Crippen LogP contribution in [0.5, 0.6) is 0 Å². The van der Waals surface area contributed by atoms with Gasteiger partial charge in [-0.2, -0.15) is 5.26 Å². The fourth-order valence-corrected chi connectivity index (χ4v) is 1.74. The van der Waals surface area contributed by atoms with Gasteiger partial charge in [-0.15, -0.1) is 0 Å². The van der Waals surface area contributed by atoms with Crippen LogP contribution in [0.15, 0.2) is 12.1 Å². The molecule has 0 aliphatic carbocycles. The Morgan fingerprint density at radius 2 is 2.21 bits per heavy atom. The van der Waals surface area contributed by atoms with Crippen molar-refractivity contribution in [1.82, 2.24) is 0 Å². The molecular formula is C13H13F2NO3. The van der Waals surface area contributed by atoms with E-state index in [1.165, 1.54) is 6.07 Å². The number of halogens is 2. The largest absolute Gasteiger partial charge is 0.466 e. The molecule has 0 heterocycles. The molecule has 0 atom stereocenters. The SMILES string of the molecule is CCOC(=O)Cc1ccc(C(F)F)c(CO)c1C#N. The summed E-state index contributed by atoms with van der Waals surface area (Å²) >= 11 is 0.